The van der Waals surface area contributed by atoms with Crippen LogP contribution >= 0.6 is 0 Å². The molecule has 0 aliphatic carbocycles. The summed E-state index contributed by atoms with van der Waals surface area (Å²) in [6.45, 7) is 9.39. The van der Waals surface area contributed by atoms with E-state index >= 15 is 0 Å². The first-order chi connectivity index (χ1) is 6.68. The molecule has 4 nitrogen and oxygen atoms in total. The highest BCUT2D eigenvalue weighted by Crippen LogP contribution is 1.92. The normalized spacial score (nSPS) is 9.50. The van der Waals surface area contributed by atoms with Gasteiger partial charge in [-0.3, -0.25) is 0 Å². The van der Waals surface area contributed by atoms with Gasteiger partial charge < -0.3 is 4.74 Å². The second-order valence-corrected chi connectivity index (χ2v) is 2.64. The molecule has 0 unspecified atom stereocenters. The Kier molecular flexibility index (Phi) is 7.78. The molecule has 0 rings (SSSR count). The highest BCUT2D eigenvalue weighted by Gasteiger charge is 2.01. The number of hydrogen-bond acceptors (Lipinski definition) is 4. The molecule has 0 saturated carbocycles. The molecule has 0 aromatic heterocycles. The Bertz CT molecular complexity index is 198. The molecule has 0 radical (unpaired) electrons. The van der Waals surface area contributed by atoms with Crippen molar-refractivity contribution < 1.29 is 19.3 Å². The van der Waals surface area contributed by atoms with Crippen LogP contribution < -0.4 is 0 Å². The summed E-state index contributed by atoms with van der Waals surface area (Å²) in [6, 6.07) is 0. The summed E-state index contributed by atoms with van der Waals surface area (Å²) < 4.78 is 4.75. The maximum Gasteiger partial charge on any atom is 0.333 e. The van der Waals surface area contributed by atoms with E-state index in [-0.39, 0.29) is 13.2 Å². The van der Waals surface area contributed by atoms with Gasteiger partial charge in [-0.05, 0) is 13.3 Å². The van der Waals surface area contributed by atoms with Crippen LogP contribution in [-0.4, -0.2) is 25.8 Å². The van der Waals surface area contributed by atoms with E-state index in [1.165, 1.54) is 0 Å². The van der Waals surface area contributed by atoms with Gasteiger partial charge in [-0.25, -0.2) is 14.6 Å². The van der Waals surface area contributed by atoms with E-state index in [1.54, 1.807) is 13.0 Å². The van der Waals surface area contributed by atoms with Gasteiger partial charge in [0.15, 0.2) is 0 Å². The van der Waals surface area contributed by atoms with Crippen molar-refractivity contribution in [1.29, 1.82) is 0 Å². The summed E-state index contributed by atoms with van der Waals surface area (Å²) >= 11 is 0. The molecule has 0 atom stereocenters. The molecule has 0 aliphatic rings. The Balaban J connectivity index is 3.17. The van der Waals surface area contributed by atoms with Crippen LogP contribution in [0.2, 0.25) is 0 Å². The zero-order valence-electron chi connectivity index (χ0n) is 8.45. The number of rotatable bonds is 8. The quantitative estimate of drug-likeness (QED) is 0.149. The topological polar surface area (TPSA) is 44.8 Å². The zero-order chi connectivity index (χ0) is 10.8. The van der Waals surface area contributed by atoms with Crippen molar-refractivity contribution in [2.24, 2.45) is 0 Å². The van der Waals surface area contributed by atoms with E-state index in [2.05, 4.69) is 13.2 Å². The van der Waals surface area contributed by atoms with Crippen LogP contribution in [0, 0.1) is 0 Å². The number of hydrogen-bond donors (Lipinski definition) is 0. The minimum Gasteiger partial charge on any atom is -0.460 e. The first-order valence-electron chi connectivity index (χ1n) is 4.36. The second-order valence-electron chi connectivity index (χ2n) is 2.64. The van der Waals surface area contributed by atoms with Crippen molar-refractivity contribution in [2.45, 2.75) is 13.3 Å². The third-order valence-electron chi connectivity index (χ3n) is 1.24. The Morgan fingerprint density at radius 3 is 2.50 bits per heavy atom. The molecule has 0 heterocycles. The molecule has 4 heteroatoms. The molecule has 0 aliphatic heterocycles. The van der Waals surface area contributed by atoms with E-state index in [1.807, 2.05) is 0 Å². The summed E-state index contributed by atoms with van der Waals surface area (Å²) in [6.07, 6.45) is 2.45. The second kappa shape index (κ2) is 8.47. The lowest BCUT2D eigenvalue weighted by Gasteiger charge is -2.04. The molecular weight excluding hydrogens is 184 g/mol. The van der Waals surface area contributed by atoms with Crippen LogP contribution in [0.5, 0.6) is 0 Å². The van der Waals surface area contributed by atoms with Gasteiger partial charge in [0.1, 0.15) is 13.2 Å². The van der Waals surface area contributed by atoms with Crippen LogP contribution in [0.1, 0.15) is 13.3 Å². The van der Waals surface area contributed by atoms with Crippen LogP contribution in [0.4, 0.5) is 0 Å². The SMILES string of the molecule is C=CCCOOCCOC(=O)C(=C)C. The molecule has 0 saturated heterocycles. The smallest absolute Gasteiger partial charge is 0.333 e. The molecular formula is C10H16O4. The summed E-state index contributed by atoms with van der Waals surface area (Å²) in [5.74, 6) is -0.417. The highest BCUT2D eigenvalue weighted by molar-refractivity contribution is 5.86. The van der Waals surface area contributed by atoms with Crippen molar-refractivity contribution in [3.8, 4) is 0 Å². The average Bonchev–Trinajstić information content (AvgIpc) is 2.16. The Hall–Kier alpha value is -1.13. The Labute approximate surface area is 84.1 Å². The van der Waals surface area contributed by atoms with E-state index < -0.39 is 5.97 Å². The van der Waals surface area contributed by atoms with Gasteiger partial charge in [-0.2, -0.15) is 0 Å². The number of ether oxygens (including phenoxy) is 1. The molecule has 0 bridgehead atoms. The van der Waals surface area contributed by atoms with Crippen LogP contribution in [0.25, 0.3) is 0 Å². The largest absolute Gasteiger partial charge is 0.460 e. The molecule has 0 aromatic carbocycles. The predicted molar refractivity (Wildman–Crippen MR) is 52.5 cm³/mol. The minimum absolute atomic E-state index is 0.166. The molecule has 0 spiro atoms. The molecule has 14 heavy (non-hydrogen) atoms. The van der Waals surface area contributed by atoms with Gasteiger partial charge in [0, 0.05) is 5.57 Å². The lowest BCUT2D eigenvalue weighted by molar-refractivity contribution is -0.297. The fourth-order valence-electron chi connectivity index (χ4n) is 0.541. The predicted octanol–water partition coefficient (Wildman–Crippen LogP) is 1.63. The first-order valence-corrected chi connectivity index (χ1v) is 4.36. The zero-order valence-corrected chi connectivity index (χ0v) is 8.45. The molecule has 0 aromatic rings. The van der Waals surface area contributed by atoms with E-state index in [0.717, 1.165) is 6.42 Å². The van der Waals surface area contributed by atoms with Gasteiger partial charge >= 0.3 is 5.97 Å². The molecule has 0 fully saturated rings. The molecule has 0 N–H and O–H groups in total. The lowest BCUT2D eigenvalue weighted by Crippen LogP contribution is -2.11. The first kappa shape index (κ1) is 12.9. The Morgan fingerprint density at radius 2 is 1.93 bits per heavy atom. The maximum absolute atomic E-state index is 10.8. The van der Waals surface area contributed by atoms with E-state index in [0.29, 0.717) is 12.2 Å². The summed E-state index contributed by atoms with van der Waals surface area (Å²) in [7, 11) is 0. The number of carbonyl (C=O) groups is 1. The summed E-state index contributed by atoms with van der Waals surface area (Å²) in [5, 5.41) is 0. The van der Waals surface area contributed by atoms with E-state index in [4.69, 9.17) is 14.5 Å². The average molecular weight is 200 g/mol. The van der Waals surface area contributed by atoms with Crippen molar-refractivity contribution in [3.05, 3.63) is 24.8 Å². The monoisotopic (exact) mass is 200 g/mol. The third kappa shape index (κ3) is 7.52. The van der Waals surface area contributed by atoms with Gasteiger partial charge in [0.05, 0.1) is 6.61 Å². The Morgan fingerprint density at radius 1 is 1.29 bits per heavy atom. The van der Waals surface area contributed by atoms with Crippen LogP contribution in [0.15, 0.2) is 24.8 Å². The number of esters is 1. The number of carbonyl (C=O) groups excluding carboxylic acids is 1. The highest BCUT2D eigenvalue weighted by atomic mass is 17.2. The van der Waals surface area contributed by atoms with Crippen LogP contribution in [-0.2, 0) is 19.3 Å². The van der Waals surface area contributed by atoms with Crippen molar-refractivity contribution in [1.82, 2.24) is 0 Å². The summed E-state index contributed by atoms with van der Waals surface area (Å²) in [5.41, 5.74) is 0.373. The fraction of sp³-hybridized carbons (Fsp3) is 0.500. The van der Waals surface area contributed by atoms with Gasteiger partial charge in [-0.15, -0.1) is 6.58 Å². The molecule has 80 valence electrons. The van der Waals surface area contributed by atoms with Crippen molar-refractivity contribution in [3.63, 3.8) is 0 Å². The fourth-order valence-corrected chi connectivity index (χ4v) is 0.541. The maximum atomic E-state index is 10.8. The third-order valence-corrected chi connectivity index (χ3v) is 1.24. The minimum atomic E-state index is -0.417. The van der Waals surface area contributed by atoms with Gasteiger partial charge in [0.2, 0.25) is 0 Å². The lowest BCUT2D eigenvalue weighted by atomic mass is 10.4. The van der Waals surface area contributed by atoms with Gasteiger partial charge in [0.25, 0.3) is 0 Å². The standard InChI is InChI=1S/C10H16O4/c1-4-5-6-13-14-8-7-12-10(11)9(2)3/h4H,1-2,5-8H2,3H3. The summed E-state index contributed by atoms with van der Waals surface area (Å²) in [4.78, 5) is 20.3. The van der Waals surface area contributed by atoms with Crippen molar-refractivity contribution >= 4 is 5.97 Å². The van der Waals surface area contributed by atoms with Crippen LogP contribution in [0.3, 0.4) is 0 Å². The van der Waals surface area contributed by atoms with Gasteiger partial charge in [-0.1, -0.05) is 12.7 Å². The van der Waals surface area contributed by atoms with Crippen molar-refractivity contribution in [2.75, 3.05) is 19.8 Å². The van der Waals surface area contributed by atoms with E-state index in [9.17, 15) is 4.79 Å². The molecule has 0 amide bonds.